The van der Waals surface area contributed by atoms with E-state index in [1.807, 2.05) is 36.5 Å². The van der Waals surface area contributed by atoms with Crippen LogP contribution in [-0.4, -0.2) is 75.3 Å². The van der Waals surface area contributed by atoms with Gasteiger partial charge in [0.1, 0.15) is 0 Å². The van der Waals surface area contributed by atoms with Crippen LogP contribution in [-0.2, 0) is 4.74 Å². The Balaban J connectivity index is 1.49. The van der Waals surface area contributed by atoms with Crippen LogP contribution in [0.1, 0.15) is 10.4 Å². The fraction of sp³-hybridized carbons (Fsp3) is 0.429. The predicted octanol–water partition coefficient (Wildman–Crippen LogP) is 1.92. The maximum Gasteiger partial charge on any atom is 0.257 e. The number of benzene rings is 1. The lowest BCUT2D eigenvalue weighted by molar-refractivity contribution is 0.102. The zero-order chi connectivity index (χ0) is 19.3. The number of ether oxygens (including phenoxy) is 1. The highest BCUT2D eigenvalue weighted by atomic mass is 16.5. The first kappa shape index (κ1) is 18.7. The van der Waals surface area contributed by atoms with Gasteiger partial charge in [-0.1, -0.05) is 12.1 Å². The van der Waals surface area contributed by atoms with Crippen LogP contribution in [0, 0.1) is 0 Å². The number of hydrogen-bond donors (Lipinski definition) is 1. The van der Waals surface area contributed by atoms with Gasteiger partial charge in [0.2, 0.25) is 0 Å². The summed E-state index contributed by atoms with van der Waals surface area (Å²) in [4.78, 5) is 24.1. The molecule has 1 aromatic carbocycles. The molecule has 148 valence electrons. The van der Waals surface area contributed by atoms with E-state index in [0.29, 0.717) is 18.8 Å². The predicted molar refractivity (Wildman–Crippen MR) is 111 cm³/mol. The van der Waals surface area contributed by atoms with E-state index in [-0.39, 0.29) is 5.91 Å². The SMILES string of the molecule is CN1CCN(c2cncc(C(=O)Nc3ccccc3N3CCOCC3)c2)CC1. The highest BCUT2D eigenvalue weighted by molar-refractivity contribution is 6.06. The van der Waals surface area contributed by atoms with Crippen molar-refractivity contribution in [1.29, 1.82) is 0 Å². The molecule has 7 heteroatoms. The van der Waals surface area contributed by atoms with Crippen LogP contribution in [0.5, 0.6) is 0 Å². The molecule has 2 aromatic rings. The first-order valence-electron chi connectivity index (χ1n) is 9.82. The van der Waals surface area contributed by atoms with E-state index < -0.39 is 0 Å². The lowest BCUT2D eigenvalue weighted by atomic mass is 10.2. The highest BCUT2D eigenvalue weighted by Crippen LogP contribution is 2.27. The lowest BCUT2D eigenvalue weighted by Gasteiger charge is -2.33. The Kier molecular flexibility index (Phi) is 5.73. The second-order valence-electron chi connectivity index (χ2n) is 7.29. The van der Waals surface area contributed by atoms with Gasteiger partial charge in [0.15, 0.2) is 0 Å². The van der Waals surface area contributed by atoms with Crippen LogP contribution in [0.4, 0.5) is 17.1 Å². The van der Waals surface area contributed by atoms with E-state index in [2.05, 4.69) is 32.0 Å². The van der Waals surface area contributed by atoms with Gasteiger partial charge < -0.3 is 24.8 Å². The summed E-state index contributed by atoms with van der Waals surface area (Å²) in [5.74, 6) is -0.135. The number of nitrogens with one attached hydrogen (secondary N) is 1. The molecule has 2 aliphatic heterocycles. The molecular formula is C21H27N5O2. The number of carbonyl (C=O) groups is 1. The molecule has 0 bridgehead atoms. The summed E-state index contributed by atoms with van der Waals surface area (Å²) in [6, 6.07) is 9.86. The Hall–Kier alpha value is -2.64. The summed E-state index contributed by atoms with van der Waals surface area (Å²) in [5.41, 5.74) is 3.43. The quantitative estimate of drug-likeness (QED) is 0.873. The normalized spacial score (nSPS) is 18.2. The minimum atomic E-state index is -0.135. The number of morpholine rings is 1. The molecule has 0 spiro atoms. The van der Waals surface area contributed by atoms with E-state index in [1.54, 1.807) is 6.20 Å². The van der Waals surface area contributed by atoms with E-state index in [0.717, 1.165) is 56.3 Å². The van der Waals surface area contributed by atoms with Crippen molar-refractivity contribution in [2.24, 2.45) is 0 Å². The number of pyridine rings is 1. The Morgan fingerprint density at radius 2 is 1.75 bits per heavy atom. The van der Waals surface area contributed by atoms with Gasteiger partial charge >= 0.3 is 0 Å². The number of carbonyl (C=O) groups excluding carboxylic acids is 1. The number of aromatic nitrogens is 1. The van der Waals surface area contributed by atoms with Gasteiger partial charge in [0.25, 0.3) is 5.91 Å². The fourth-order valence-electron chi connectivity index (χ4n) is 3.64. The molecule has 1 aromatic heterocycles. The average molecular weight is 381 g/mol. The number of nitrogens with zero attached hydrogens (tertiary/aromatic N) is 4. The molecule has 0 aliphatic carbocycles. The second kappa shape index (κ2) is 8.58. The molecule has 1 amide bonds. The van der Waals surface area contributed by atoms with Gasteiger partial charge in [-0.25, -0.2) is 0 Å². The van der Waals surface area contributed by atoms with Crippen molar-refractivity contribution in [2.45, 2.75) is 0 Å². The van der Waals surface area contributed by atoms with Crippen LogP contribution >= 0.6 is 0 Å². The van der Waals surface area contributed by atoms with Crippen LogP contribution < -0.4 is 15.1 Å². The minimum Gasteiger partial charge on any atom is -0.378 e. The highest BCUT2D eigenvalue weighted by Gasteiger charge is 2.18. The zero-order valence-corrected chi connectivity index (χ0v) is 16.3. The number of rotatable bonds is 4. The number of amides is 1. The van der Waals surface area contributed by atoms with Crippen molar-refractivity contribution in [3.05, 3.63) is 48.3 Å². The van der Waals surface area contributed by atoms with Crippen LogP contribution in [0.25, 0.3) is 0 Å². The molecule has 28 heavy (non-hydrogen) atoms. The van der Waals surface area contributed by atoms with Crippen molar-refractivity contribution in [2.75, 3.05) is 74.6 Å². The summed E-state index contributed by atoms with van der Waals surface area (Å²) in [6.07, 6.45) is 3.47. The maximum atomic E-state index is 12.9. The monoisotopic (exact) mass is 381 g/mol. The van der Waals surface area contributed by atoms with E-state index in [9.17, 15) is 4.79 Å². The number of para-hydroxylation sites is 2. The van der Waals surface area contributed by atoms with Crippen LogP contribution in [0.15, 0.2) is 42.7 Å². The Labute approximate surface area is 165 Å². The molecule has 0 saturated carbocycles. The van der Waals surface area contributed by atoms with Crippen molar-refractivity contribution in [1.82, 2.24) is 9.88 Å². The molecule has 4 rings (SSSR count). The first-order chi connectivity index (χ1) is 13.7. The van der Waals surface area contributed by atoms with Crippen molar-refractivity contribution < 1.29 is 9.53 Å². The minimum absolute atomic E-state index is 0.135. The summed E-state index contributed by atoms with van der Waals surface area (Å²) in [7, 11) is 2.13. The molecule has 7 nitrogen and oxygen atoms in total. The summed E-state index contributed by atoms with van der Waals surface area (Å²) >= 11 is 0. The molecule has 3 heterocycles. The van der Waals surface area contributed by atoms with E-state index in [1.165, 1.54) is 0 Å². The van der Waals surface area contributed by atoms with Gasteiger partial charge in [-0.2, -0.15) is 0 Å². The average Bonchev–Trinajstić information content (AvgIpc) is 2.75. The number of likely N-dealkylation sites (N-methyl/N-ethyl adjacent to an activating group) is 1. The van der Waals surface area contributed by atoms with Crippen LogP contribution in [0.2, 0.25) is 0 Å². The Morgan fingerprint density at radius 1 is 1.00 bits per heavy atom. The third-order valence-corrected chi connectivity index (χ3v) is 5.36. The van der Waals surface area contributed by atoms with E-state index >= 15 is 0 Å². The number of piperazine rings is 1. The standard InChI is InChI=1S/C21H27N5O2/c1-24-6-8-25(9-7-24)18-14-17(15-22-16-18)21(27)23-19-4-2-3-5-20(19)26-10-12-28-13-11-26/h2-5,14-16H,6-13H2,1H3,(H,23,27). The largest absolute Gasteiger partial charge is 0.378 e. The number of hydrogen-bond acceptors (Lipinski definition) is 6. The van der Waals surface area contributed by atoms with Gasteiger partial charge in [-0.3, -0.25) is 9.78 Å². The first-order valence-corrected chi connectivity index (χ1v) is 9.82. The molecule has 1 N–H and O–H groups in total. The van der Waals surface area contributed by atoms with Crippen LogP contribution in [0.3, 0.4) is 0 Å². The van der Waals surface area contributed by atoms with Crippen molar-refractivity contribution in [3.8, 4) is 0 Å². The molecular weight excluding hydrogens is 354 g/mol. The number of anilines is 3. The Morgan fingerprint density at radius 3 is 2.54 bits per heavy atom. The molecule has 0 atom stereocenters. The second-order valence-corrected chi connectivity index (χ2v) is 7.29. The fourth-order valence-corrected chi connectivity index (χ4v) is 3.64. The Bertz CT molecular complexity index is 814. The molecule has 0 radical (unpaired) electrons. The van der Waals surface area contributed by atoms with Crippen molar-refractivity contribution >= 4 is 23.0 Å². The van der Waals surface area contributed by atoms with Crippen molar-refractivity contribution in [3.63, 3.8) is 0 Å². The molecule has 0 unspecified atom stereocenters. The summed E-state index contributed by atoms with van der Waals surface area (Å²) in [6.45, 7) is 7.00. The maximum absolute atomic E-state index is 12.9. The van der Waals surface area contributed by atoms with Gasteiger partial charge in [0.05, 0.1) is 42.0 Å². The van der Waals surface area contributed by atoms with Gasteiger partial charge in [-0.05, 0) is 25.2 Å². The van der Waals surface area contributed by atoms with E-state index in [4.69, 9.17) is 4.74 Å². The summed E-state index contributed by atoms with van der Waals surface area (Å²) in [5, 5.41) is 3.07. The molecule has 2 aliphatic rings. The topological polar surface area (TPSA) is 60.9 Å². The lowest BCUT2D eigenvalue weighted by Crippen LogP contribution is -2.44. The third kappa shape index (κ3) is 4.26. The molecule has 2 fully saturated rings. The van der Waals surface area contributed by atoms with Gasteiger partial charge in [0, 0.05) is 45.5 Å². The zero-order valence-electron chi connectivity index (χ0n) is 16.3. The van der Waals surface area contributed by atoms with Gasteiger partial charge in [-0.15, -0.1) is 0 Å². The summed E-state index contributed by atoms with van der Waals surface area (Å²) < 4.78 is 5.44. The molecule has 2 saturated heterocycles. The smallest absolute Gasteiger partial charge is 0.257 e. The third-order valence-electron chi connectivity index (χ3n) is 5.36.